The van der Waals surface area contributed by atoms with Crippen LogP contribution in [0.4, 0.5) is 0 Å². The van der Waals surface area contributed by atoms with Crippen LogP contribution in [0.5, 0.6) is 0 Å². The highest BCUT2D eigenvalue weighted by Gasteiger charge is 2.08. The van der Waals surface area contributed by atoms with Gasteiger partial charge in [0.15, 0.2) is 0 Å². The first kappa shape index (κ1) is 8.78. The van der Waals surface area contributed by atoms with Crippen LogP contribution in [0.15, 0.2) is 0 Å². The number of nitrogens with zero attached hydrogens (tertiary/aromatic N) is 1. The lowest BCUT2D eigenvalue weighted by Crippen LogP contribution is -2.20. The van der Waals surface area contributed by atoms with Crippen molar-refractivity contribution in [1.29, 1.82) is 0 Å². The number of hydrogen-bond acceptors (Lipinski definition) is 3. The van der Waals surface area contributed by atoms with E-state index in [0.29, 0.717) is 0 Å². The molecule has 0 N–H and O–H groups in total. The first-order valence-corrected chi connectivity index (χ1v) is 3.20. The Bertz CT molecular complexity index is 95.1. The Morgan fingerprint density at radius 1 is 1.56 bits per heavy atom. The molecule has 6 heteroatoms. The normalized spacial score (nSPS) is 9.67. The molecule has 0 aromatic carbocycles. The monoisotopic (exact) mass is 173 g/mol. The Hall–Kier alpha value is -0.220. The van der Waals surface area contributed by atoms with Crippen molar-refractivity contribution in [2.45, 2.75) is 6.10 Å². The van der Waals surface area contributed by atoms with E-state index in [-0.39, 0.29) is 11.8 Å². The molecule has 0 aliphatic rings. The van der Waals surface area contributed by atoms with Crippen molar-refractivity contribution in [2.24, 2.45) is 0 Å². The van der Waals surface area contributed by atoms with E-state index >= 15 is 0 Å². The van der Waals surface area contributed by atoms with E-state index in [1.54, 1.807) is 0 Å². The second-order valence-corrected chi connectivity index (χ2v) is 1.88. The van der Waals surface area contributed by atoms with Crippen molar-refractivity contribution >= 4 is 23.2 Å². The molecule has 0 fully saturated rings. The summed E-state index contributed by atoms with van der Waals surface area (Å²) in [7, 11) is 0. The topological polar surface area (TPSA) is 52.4 Å². The Morgan fingerprint density at radius 3 is 2.11 bits per heavy atom. The highest BCUT2D eigenvalue weighted by Crippen LogP contribution is 1.97. The van der Waals surface area contributed by atoms with Crippen molar-refractivity contribution in [2.75, 3.05) is 11.8 Å². The van der Waals surface area contributed by atoms with Gasteiger partial charge in [-0.15, -0.1) is 33.3 Å². The van der Waals surface area contributed by atoms with Gasteiger partial charge in [0, 0.05) is 0 Å². The summed E-state index contributed by atoms with van der Waals surface area (Å²) < 4.78 is 0. The lowest BCUT2D eigenvalue weighted by Gasteiger charge is -2.04. The molecule has 0 radical (unpaired) electrons. The van der Waals surface area contributed by atoms with Gasteiger partial charge >= 0.3 is 0 Å². The molecule has 0 saturated heterocycles. The molecular weight excluding hydrogens is 169 g/mol. The molecule has 0 atom stereocenters. The van der Waals surface area contributed by atoms with Crippen LogP contribution in [0.3, 0.4) is 0 Å². The lowest BCUT2D eigenvalue weighted by atomic mass is 10.5. The molecule has 0 spiro atoms. The van der Waals surface area contributed by atoms with Gasteiger partial charge in [-0.2, -0.15) is 0 Å². The van der Waals surface area contributed by atoms with Gasteiger partial charge in [0.05, 0.1) is 11.8 Å². The van der Waals surface area contributed by atoms with Gasteiger partial charge in [-0.25, -0.2) is 0 Å². The van der Waals surface area contributed by atoms with Gasteiger partial charge in [0.2, 0.25) is 0 Å². The zero-order chi connectivity index (χ0) is 7.28. The smallest absolute Gasteiger partial charge is 0.294 e. The molecule has 4 nitrogen and oxygen atoms in total. The van der Waals surface area contributed by atoms with E-state index in [2.05, 4.69) is 4.84 Å². The van der Waals surface area contributed by atoms with Gasteiger partial charge < -0.3 is 4.84 Å². The zero-order valence-electron chi connectivity index (χ0n) is 4.42. The van der Waals surface area contributed by atoms with Crippen molar-refractivity contribution in [3.8, 4) is 0 Å². The SMILES string of the molecule is O=[N+]([O-])OC(CCl)CCl. The largest absolute Gasteiger partial charge is 0.308 e. The molecule has 0 aromatic rings. The molecular formula is C3H5Cl2NO3. The summed E-state index contributed by atoms with van der Waals surface area (Å²) in [4.78, 5) is 13.6. The first-order valence-electron chi connectivity index (χ1n) is 2.13. The third-order valence-electron chi connectivity index (χ3n) is 0.579. The predicted octanol–water partition coefficient (Wildman–Crippen LogP) is 1.04. The Labute approximate surface area is 61.8 Å². The van der Waals surface area contributed by atoms with E-state index in [1.165, 1.54) is 0 Å². The summed E-state index contributed by atoms with van der Waals surface area (Å²) in [5.74, 6) is 0.0644. The summed E-state index contributed by atoms with van der Waals surface area (Å²) in [5, 5.41) is 8.69. The van der Waals surface area contributed by atoms with Gasteiger partial charge in [-0.1, -0.05) is 0 Å². The Balaban J connectivity index is 3.43. The standard InChI is InChI=1S/C3H5Cl2NO3/c4-1-3(2-5)9-6(7)8/h3H,1-2H2. The van der Waals surface area contributed by atoms with Crippen LogP contribution in [-0.2, 0) is 4.84 Å². The van der Waals surface area contributed by atoms with E-state index in [9.17, 15) is 10.1 Å². The molecule has 0 rings (SSSR count). The van der Waals surface area contributed by atoms with Crippen molar-refractivity contribution < 1.29 is 9.92 Å². The second kappa shape index (κ2) is 4.64. The average molecular weight is 174 g/mol. The minimum Gasteiger partial charge on any atom is -0.308 e. The average Bonchev–Trinajstić information content (AvgIpc) is 1.82. The molecule has 0 aromatic heterocycles. The summed E-state index contributed by atoms with van der Waals surface area (Å²) in [5.41, 5.74) is 0. The van der Waals surface area contributed by atoms with Crippen molar-refractivity contribution in [3.63, 3.8) is 0 Å². The Kier molecular flexibility index (Phi) is 4.53. The minimum atomic E-state index is -0.907. The molecule has 0 bridgehead atoms. The molecule has 0 unspecified atom stereocenters. The Morgan fingerprint density at radius 2 is 2.00 bits per heavy atom. The van der Waals surface area contributed by atoms with E-state index in [0.717, 1.165) is 0 Å². The van der Waals surface area contributed by atoms with Crippen LogP contribution in [-0.4, -0.2) is 23.0 Å². The van der Waals surface area contributed by atoms with Gasteiger partial charge in [-0.3, -0.25) is 0 Å². The first-order chi connectivity index (χ1) is 4.20. The fourth-order valence-electron chi connectivity index (χ4n) is 0.219. The minimum absolute atomic E-state index is 0.0322. The predicted molar refractivity (Wildman–Crippen MR) is 33.3 cm³/mol. The lowest BCUT2D eigenvalue weighted by molar-refractivity contribution is -0.766. The summed E-state index contributed by atoms with van der Waals surface area (Å²) in [6.07, 6.45) is -0.691. The summed E-state index contributed by atoms with van der Waals surface area (Å²) in [6, 6.07) is 0. The van der Waals surface area contributed by atoms with E-state index in [1.807, 2.05) is 0 Å². The molecule has 0 saturated carbocycles. The molecule has 0 amide bonds. The van der Waals surface area contributed by atoms with Crippen LogP contribution in [0.1, 0.15) is 0 Å². The van der Waals surface area contributed by atoms with Crippen LogP contribution in [0.25, 0.3) is 0 Å². The van der Waals surface area contributed by atoms with Crippen molar-refractivity contribution in [1.82, 2.24) is 0 Å². The second-order valence-electron chi connectivity index (χ2n) is 1.26. The van der Waals surface area contributed by atoms with Crippen LogP contribution in [0, 0.1) is 10.1 Å². The molecule has 9 heavy (non-hydrogen) atoms. The molecule has 0 aliphatic carbocycles. The van der Waals surface area contributed by atoms with E-state index in [4.69, 9.17) is 23.2 Å². The molecule has 54 valence electrons. The quantitative estimate of drug-likeness (QED) is 0.363. The van der Waals surface area contributed by atoms with Gasteiger partial charge in [-0.05, 0) is 0 Å². The fraction of sp³-hybridized carbons (Fsp3) is 1.00. The van der Waals surface area contributed by atoms with Gasteiger partial charge in [0.1, 0.15) is 6.10 Å². The highest BCUT2D eigenvalue weighted by atomic mass is 35.5. The maximum absolute atomic E-state index is 9.59. The maximum Gasteiger partial charge on any atom is 0.294 e. The third-order valence-corrected chi connectivity index (χ3v) is 1.27. The van der Waals surface area contributed by atoms with Crippen LogP contribution in [0.2, 0.25) is 0 Å². The van der Waals surface area contributed by atoms with Crippen molar-refractivity contribution in [3.05, 3.63) is 10.1 Å². The number of alkyl halides is 2. The number of halogens is 2. The molecule has 0 heterocycles. The summed E-state index contributed by atoms with van der Waals surface area (Å²) in [6.45, 7) is 0. The number of hydrogen-bond donors (Lipinski definition) is 0. The summed E-state index contributed by atoms with van der Waals surface area (Å²) >= 11 is 10.4. The fourth-order valence-corrected chi connectivity index (χ4v) is 0.662. The third kappa shape index (κ3) is 4.29. The molecule has 0 aliphatic heterocycles. The van der Waals surface area contributed by atoms with Crippen LogP contribution >= 0.6 is 23.2 Å². The van der Waals surface area contributed by atoms with Crippen LogP contribution < -0.4 is 0 Å². The zero-order valence-corrected chi connectivity index (χ0v) is 5.93. The number of rotatable bonds is 4. The van der Waals surface area contributed by atoms with E-state index < -0.39 is 11.2 Å². The maximum atomic E-state index is 9.59. The highest BCUT2D eigenvalue weighted by molar-refractivity contribution is 6.21. The van der Waals surface area contributed by atoms with Gasteiger partial charge in [0.25, 0.3) is 5.09 Å².